The number of anilines is 1. The Balaban J connectivity index is 1.82. The maximum absolute atomic E-state index is 15.0. The lowest BCUT2D eigenvalue weighted by Crippen LogP contribution is -2.55. The van der Waals surface area contributed by atoms with E-state index in [4.69, 9.17) is 4.74 Å². The second kappa shape index (κ2) is 16.0. The summed E-state index contributed by atoms with van der Waals surface area (Å²) in [7, 11) is 0. The van der Waals surface area contributed by atoms with Crippen molar-refractivity contribution in [1.82, 2.24) is 10.2 Å². The van der Waals surface area contributed by atoms with Gasteiger partial charge in [0.15, 0.2) is 0 Å². The number of aryl methyl sites for hydroxylation is 2. The summed E-state index contributed by atoms with van der Waals surface area (Å²) >= 11 is 0. The number of amides is 3. The maximum atomic E-state index is 15.0. The van der Waals surface area contributed by atoms with E-state index < -0.39 is 29.7 Å². The van der Waals surface area contributed by atoms with Gasteiger partial charge in [0.05, 0.1) is 0 Å². The number of nitrogens with one attached hydrogen (secondary N) is 2. The fourth-order valence-electron chi connectivity index (χ4n) is 5.86. The van der Waals surface area contributed by atoms with E-state index in [1.54, 1.807) is 49.9 Å². The Morgan fingerprint density at radius 3 is 2.12 bits per heavy atom. The topological polar surface area (TPSA) is 108 Å². The molecule has 8 heteroatoms. The van der Waals surface area contributed by atoms with E-state index in [1.807, 2.05) is 81.4 Å². The van der Waals surface area contributed by atoms with Gasteiger partial charge in [-0.15, -0.1) is 0 Å². The average molecular weight is 666 g/mol. The first-order valence-corrected chi connectivity index (χ1v) is 17.1. The van der Waals surface area contributed by atoms with E-state index in [0.29, 0.717) is 23.6 Å². The number of hydrogen-bond donors (Lipinski definition) is 3. The van der Waals surface area contributed by atoms with Crippen LogP contribution >= 0.6 is 0 Å². The van der Waals surface area contributed by atoms with Gasteiger partial charge >= 0.3 is 6.09 Å². The Morgan fingerprint density at radius 1 is 0.816 bits per heavy atom. The first-order valence-electron chi connectivity index (χ1n) is 17.1. The molecule has 0 aromatic heterocycles. The van der Waals surface area contributed by atoms with Gasteiger partial charge in [-0.05, 0) is 118 Å². The van der Waals surface area contributed by atoms with Crippen LogP contribution in [0.15, 0.2) is 84.9 Å². The highest BCUT2D eigenvalue weighted by Crippen LogP contribution is 2.31. The number of fused-ring (bicyclic) bond motifs is 1. The molecule has 0 aliphatic carbocycles. The average Bonchev–Trinajstić information content (AvgIpc) is 3.03. The van der Waals surface area contributed by atoms with Crippen LogP contribution in [0, 0.1) is 19.8 Å². The molecule has 3 atom stereocenters. The maximum Gasteiger partial charge on any atom is 0.408 e. The molecule has 3 N–H and O–H groups in total. The standard InChI is InChI=1S/C41H51N3O5/c1-26(2)13-15-29(5)44(39(47)36(43-40(48)49-41(6,7)8)24-30-16-21-35(45)22-17-30)37(33-18-14-27(3)28(4)23-33)38(46)42-34-20-19-31-11-9-10-12-32(31)25-34/h9-12,14,16-23,25-26,29,36-37,45H,13,15,24H2,1-8H3,(H,42,46)(H,43,48). The molecule has 4 aromatic carbocycles. The first-order chi connectivity index (χ1) is 23.1. The van der Waals surface area contributed by atoms with Gasteiger partial charge in [-0.3, -0.25) is 9.59 Å². The van der Waals surface area contributed by atoms with Crippen LogP contribution in [0.2, 0.25) is 0 Å². The molecule has 3 amide bonds. The molecule has 4 rings (SSSR count). The molecule has 0 spiro atoms. The number of nitrogens with zero attached hydrogens (tertiary/aromatic N) is 1. The van der Waals surface area contributed by atoms with Crippen molar-refractivity contribution in [2.45, 2.75) is 98.4 Å². The van der Waals surface area contributed by atoms with Crippen LogP contribution in [0.25, 0.3) is 10.8 Å². The van der Waals surface area contributed by atoms with Gasteiger partial charge in [0.25, 0.3) is 5.91 Å². The van der Waals surface area contributed by atoms with E-state index >= 15 is 4.79 Å². The Labute approximate surface area is 290 Å². The number of aromatic hydroxyl groups is 1. The van der Waals surface area contributed by atoms with E-state index in [2.05, 4.69) is 24.5 Å². The Bertz CT molecular complexity index is 1760. The minimum atomic E-state index is -1.07. The van der Waals surface area contributed by atoms with Gasteiger partial charge in [0.1, 0.15) is 23.4 Å². The van der Waals surface area contributed by atoms with Gasteiger partial charge in [-0.25, -0.2) is 4.79 Å². The van der Waals surface area contributed by atoms with Crippen molar-refractivity contribution in [2.24, 2.45) is 5.92 Å². The Kier molecular flexibility index (Phi) is 12.1. The molecule has 260 valence electrons. The summed E-state index contributed by atoms with van der Waals surface area (Å²) in [6.45, 7) is 15.5. The number of hydrogen-bond acceptors (Lipinski definition) is 5. The summed E-state index contributed by atoms with van der Waals surface area (Å²) in [5.41, 5.74) is 3.29. The summed E-state index contributed by atoms with van der Waals surface area (Å²) < 4.78 is 5.59. The lowest BCUT2D eigenvalue weighted by atomic mass is 9.94. The summed E-state index contributed by atoms with van der Waals surface area (Å²) in [5.74, 6) is -0.301. The summed E-state index contributed by atoms with van der Waals surface area (Å²) in [6, 6.07) is 23.6. The van der Waals surface area contributed by atoms with Gasteiger partial charge < -0.3 is 25.4 Å². The molecule has 0 saturated heterocycles. The number of benzene rings is 4. The third-order valence-corrected chi connectivity index (χ3v) is 8.65. The highest BCUT2D eigenvalue weighted by atomic mass is 16.6. The number of alkyl carbamates (subject to hydrolysis) is 1. The number of ether oxygens (including phenoxy) is 1. The van der Waals surface area contributed by atoms with E-state index in [1.165, 1.54) is 0 Å². The highest BCUT2D eigenvalue weighted by Gasteiger charge is 2.39. The van der Waals surface area contributed by atoms with Gasteiger partial charge in [-0.2, -0.15) is 0 Å². The largest absolute Gasteiger partial charge is 0.508 e. The monoisotopic (exact) mass is 665 g/mol. The zero-order valence-electron chi connectivity index (χ0n) is 30.0. The van der Waals surface area contributed by atoms with Crippen LogP contribution in [0.5, 0.6) is 5.75 Å². The fourth-order valence-corrected chi connectivity index (χ4v) is 5.86. The number of phenolic OH excluding ortho intramolecular Hbond substituents is 1. The Hall–Kier alpha value is -4.85. The normalized spacial score (nSPS) is 13.4. The molecule has 3 unspecified atom stereocenters. The van der Waals surface area contributed by atoms with Gasteiger partial charge in [0.2, 0.25) is 5.91 Å². The molecular formula is C41H51N3O5. The SMILES string of the molecule is Cc1ccc(C(C(=O)Nc2ccc3ccccc3c2)N(C(=O)C(Cc2ccc(O)cc2)NC(=O)OC(C)(C)C)C(C)CCC(C)C)cc1C. The second-order valence-electron chi connectivity index (χ2n) is 14.4. The highest BCUT2D eigenvalue weighted by molar-refractivity contribution is 6.00. The van der Waals surface area contributed by atoms with Crippen molar-refractivity contribution in [3.05, 3.63) is 107 Å². The number of rotatable bonds is 12. The van der Waals surface area contributed by atoms with Gasteiger partial charge in [0, 0.05) is 18.2 Å². The summed E-state index contributed by atoms with van der Waals surface area (Å²) in [5, 5.41) is 17.9. The number of carbonyl (C=O) groups is 3. The van der Waals surface area contributed by atoms with Crippen molar-refractivity contribution < 1.29 is 24.2 Å². The zero-order chi connectivity index (χ0) is 35.9. The van der Waals surface area contributed by atoms with Crippen molar-refractivity contribution >= 4 is 34.4 Å². The van der Waals surface area contributed by atoms with Crippen LogP contribution in [-0.4, -0.2) is 45.6 Å². The van der Waals surface area contributed by atoms with Crippen molar-refractivity contribution in [3.8, 4) is 5.75 Å². The Morgan fingerprint density at radius 2 is 1.49 bits per heavy atom. The minimum absolute atomic E-state index is 0.0934. The molecule has 0 saturated carbocycles. The molecule has 8 nitrogen and oxygen atoms in total. The van der Waals surface area contributed by atoms with Crippen molar-refractivity contribution in [2.75, 3.05) is 5.32 Å². The molecule has 49 heavy (non-hydrogen) atoms. The molecule has 4 aromatic rings. The number of carbonyl (C=O) groups excluding carboxylic acids is 3. The van der Waals surface area contributed by atoms with Crippen LogP contribution in [0.1, 0.15) is 82.7 Å². The van der Waals surface area contributed by atoms with E-state index in [0.717, 1.165) is 33.9 Å². The predicted molar refractivity (Wildman–Crippen MR) is 197 cm³/mol. The zero-order valence-corrected chi connectivity index (χ0v) is 30.0. The molecule has 0 fully saturated rings. The third-order valence-electron chi connectivity index (χ3n) is 8.65. The summed E-state index contributed by atoms with van der Waals surface area (Å²) in [4.78, 5) is 44.5. The molecule has 0 heterocycles. The smallest absolute Gasteiger partial charge is 0.408 e. The van der Waals surface area contributed by atoms with Crippen LogP contribution < -0.4 is 10.6 Å². The van der Waals surface area contributed by atoms with Crippen LogP contribution in [-0.2, 0) is 20.7 Å². The van der Waals surface area contributed by atoms with Crippen molar-refractivity contribution in [3.63, 3.8) is 0 Å². The fraction of sp³-hybridized carbons (Fsp3) is 0.390. The van der Waals surface area contributed by atoms with Crippen molar-refractivity contribution in [1.29, 1.82) is 0 Å². The molecule has 0 radical (unpaired) electrons. The van der Waals surface area contributed by atoms with E-state index in [-0.39, 0.29) is 24.1 Å². The lowest BCUT2D eigenvalue weighted by molar-refractivity contribution is -0.143. The van der Waals surface area contributed by atoms with Crippen LogP contribution in [0.3, 0.4) is 0 Å². The second-order valence-corrected chi connectivity index (χ2v) is 14.4. The quantitative estimate of drug-likeness (QED) is 0.140. The summed E-state index contributed by atoms with van der Waals surface area (Å²) in [6.07, 6.45) is 0.867. The third kappa shape index (κ3) is 10.3. The van der Waals surface area contributed by atoms with E-state index in [9.17, 15) is 14.7 Å². The molecular weight excluding hydrogens is 614 g/mol. The predicted octanol–water partition coefficient (Wildman–Crippen LogP) is 8.63. The lowest BCUT2D eigenvalue weighted by Gasteiger charge is -2.39. The molecule has 0 aliphatic rings. The molecule has 0 aliphatic heterocycles. The minimum Gasteiger partial charge on any atom is -0.508 e. The van der Waals surface area contributed by atoms with Gasteiger partial charge in [-0.1, -0.05) is 74.5 Å². The molecule has 0 bridgehead atoms. The number of phenols is 1. The van der Waals surface area contributed by atoms with Crippen LogP contribution in [0.4, 0.5) is 10.5 Å². The first kappa shape index (κ1) is 37.0.